The first kappa shape index (κ1) is 107. The molecule has 30 N–H and O–H groups in total. The summed E-state index contributed by atoms with van der Waals surface area (Å²) in [6.45, 7) is 34.7. The van der Waals surface area contributed by atoms with Crippen LogP contribution >= 0.6 is 58.4 Å². The summed E-state index contributed by atoms with van der Waals surface area (Å²) in [7, 11) is 0. The van der Waals surface area contributed by atoms with Crippen LogP contribution in [0.25, 0.3) is 0 Å². The molecule has 0 bridgehead atoms. The molecule has 16 rings (SSSR count). The first-order chi connectivity index (χ1) is 64.8. The van der Waals surface area contributed by atoms with Crippen molar-refractivity contribution in [2.75, 3.05) is 74.3 Å². The molecule has 24 atom stereocenters. The Morgan fingerprint density at radius 1 is 0.486 bits per heavy atom. The van der Waals surface area contributed by atoms with E-state index in [0.717, 1.165) is 64.4 Å². The van der Waals surface area contributed by atoms with E-state index in [-0.39, 0.29) is 129 Å². The Labute approximate surface area is 808 Å². The summed E-state index contributed by atoms with van der Waals surface area (Å²) < 4.78 is 50.7. The summed E-state index contributed by atoms with van der Waals surface area (Å²) in [5, 5.41) is 119. The molecule has 0 unspecified atom stereocenters. The molecule has 0 aromatic carbocycles. The fourth-order valence-corrected chi connectivity index (χ4v) is 20.1. The van der Waals surface area contributed by atoms with Gasteiger partial charge < -0.3 is 144 Å². The molecule has 1 amide bonds. The number of ether oxygens (including phenoxy) is 9. The third-order valence-corrected chi connectivity index (χ3v) is 28.7. The number of rotatable bonds is 24. The Hall–Kier alpha value is -9.99. The lowest BCUT2D eigenvalue weighted by Crippen LogP contribution is -2.45. The Morgan fingerprint density at radius 2 is 0.819 bits per heavy atom. The number of nitrogen functional groups attached to an aromatic ring is 4. The van der Waals surface area contributed by atoms with Gasteiger partial charge in [0, 0.05) is 12.5 Å². The number of aromatic nitrogens is 9. The number of nitrogens with zero attached hydrogens (tertiary/aromatic N) is 10. The van der Waals surface area contributed by atoms with Gasteiger partial charge in [-0.15, -0.1) is 0 Å². The number of nitrogens with two attached hydrogens (primary N) is 7. The number of thioether (sulfide) groups is 4. The highest BCUT2D eigenvalue weighted by molar-refractivity contribution is 8.04. The number of aliphatic hydroxyl groups excluding tert-OH is 10. The number of hydrogen-bond donors (Lipinski definition) is 23. The van der Waals surface area contributed by atoms with Gasteiger partial charge in [0.15, 0.2) is 54.4 Å². The fourth-order valence-electron chi connectivity index (χ4n) is 15.5. The largest absolute Gasteiger partial charge is 0.463 e. The second-order valence-electron chi connectivity index (χ2n) is 35.7. The van der Waals surface area contributed by atoms with E-state index in [0.29, 0.717) is 56.3 Å². The number of hydrogen-bond acceptors (Lipinski definition) is 51. The number of H-pyrrole nitrogens is 3. The topological polar surface area (TPSA) is 799 Å². The molecule has 5 aromatic heterocycles. The summed E-state index contributed by atoms with van der Waals surface area (Å²) in [5.41, 5.74) is 38.7. The number of fused-ring (bicyclic) bond motifs is 5. The van der Waals surface area contributed by atoms with Crippen LogP contribution in [0.15, 0.2) is 85.2 Å². The molecule has 5 saturated heterocycles. The van der Waals surface area contributed by atoms with Gasteiger partial charge in [0.05, 0.1) is 42.7 Å². The average Bonchev–Trinajstić information content (AvgIpc) is 1.61. The van der Waals surface area contributed by atoms with Crippen molar-refractivity contribution in [3.05, 3.63) is 97.7 Å². The number of amides is 1. The number of carbonyl (C=O) groups is 5. The molecule has 6 fully saturated rings. The lowest BCUT2D eigenvalue weighted by molar-refractivity contribution is -0.156. The standard InChI is InChI=1S/C19H28N6O5S.C18H26N4O6S.C17H25N5O6S.C16H23N5O6S.C12H15N3O5S/c1-7(2)11(20)18(28)29-6-10-12(26)13(27)17(30-10)25-8(3)31-14-15(22-9-4-5-9)23-19(21)24-16(14)25;1-5-9(7(2)3)17(26)27-6-10-11(23)12(24)16(28-10)22-8(4)29-13-14(22)20-18(19)21-15(13)25;1-6-22(12-10(29-6)13(25)21-16(19)20-12)14-9(24)8(23)7(28-14)5-27-15(26)11(18)17(2,3)4;1-5(2)8(17)15(25)26-4-7-9(22)10(23)14(27-7)21-6(3)28-11-12(21)19-16(18)20-13(11)24;1-2-5-7(16)8(17)11(20-5)15-4-3-6(13)14-10(18)9(4)21-12(15)19/h7,9-13,17,26-27H,3-6,20H2,1-2H3,(H3,21,22,23,24);7,9-12,16,23-24H,4-6H2,1-3H3,(H3,19,20,21,25);7-9,11,14,23-24H,1,5,18H2,2-4H3,(H3,19,20,21,25);5,7-10,14,22-23H,3-4,17H2,1-2H3,(H3,18,19,20,24);5,7-8,11,16-17H,2-3H2,1H3,(H2,13,14,18)/t10-,11+,12-,13-,17-;9-,10+,11+,12+,16+;7-,8-,9-,11-,14-;7-,8+,9-,10-,14-;5-,7-,8-,11-/m10111/s1. The second kappa shape index (κ2) is 43.6. The maximum atomic E-state index is 12.3. The smallest absolute Gasteiger partial charge is 0.323 e. The number of carbonyl (C=O) groups excluding carboxylic acids is 5. The van der Waals surface area contributed by atoms with Crippen LogP contribution in [0, 0.1) is 34.5 Å². The van der Waals surface area contributed by atoms with E-state index in [9.17, 15) is 94.2 Å². The Bertz CT molecular complexity index is 5580. The first-order valence-corrected chi connectivity index (χ1v) is 47.8. The highest BCUT2D eigenvalue weighted by atomic mass is 32.2. The van der Waals surface area contributed by atoms with Gasteiger partial charge in [0.2, 0.25) is 23.8 Å². The summed E-state index contributed by atoms with van der Waals surface area (Å²) in [4.78, 5) is 144. The van der Waals surface area contributed by atoms with Crippen LogP contribution in [-0.2, 0) is 68.2 Å². The number of aliphatic hydroxyl groups is 10. The molecule has 56 heteroatoms. The molecule has 1 aliphatic carbocycles. The van der Waals surface area contributed by atoms with Crippen LogP contribution in [-0.4, -0.2) is 298 Å². The maximum Gasteiger partial charge on any atom is 0.323 e. The molecule has 138 heavy (non-hydrogen) atoms. The first-order valence-electron chi connectivity index (χ1n) is 43.7. The van der Waals surface area contributed by atoms with E-state index in [1.165, 1.54) is 31.0 Å². The molecule has 51 nitrogen and oxygen atoms in total. The van der Waals surface area contributed by atoms with Crippen molar-refractivity contribution in [3.63, 3.8) is 0 Å². The number of nitrogens with one attached hydrogen (secondary N) is 6. The van der Waals surface area contributed by atoms with Crippen molar-refractivity contribution in [2.24, 2.45) is 46.3 Å². The zero-order valence-corrected chi connectivity index (χ0v) is 80.8. The third-order valence-electron chi connectivity index (χ3n) is 23.7. The van der Waals surface area contributed by atoms with Crippen LogP contribution in [0.3, 0.4) is 0 Å². The van der Waals surface area contributed by atoms with Crippen molar-refractivity contribution in [2.45, 2.75) is 275 Å². The van der Waals surface area contributed by atoms with Crippen LogP contribution in [0.4, 0.5) is 52.9 Å². The summed E-state index contributed by atoms with van der Waals surface area (Å²) in [5.74, 6) is -1.72. The second-order valence-corrected chi connectivity index (χ2v) is 41.0. The van der Waals surface area contributed by atoms with Gasteiger partial charge in [-0.1, -0.05) is 161 Å². The van der Waals surface area contributed by atoms with Gasteiger partial charge in [0.1, 0.15) is 161 Å². The molecule has 1 saturated carbocycles. The van der Waals surface area contributed by atoms with E-state index in [1.807, 2.05) is 20.8 Å². The van der Waals surface area contributed by atoms with E-state index in [1.54, 1.807) is 60.3 Å². The number of amidine groups is 1. The van der Waals surface area contributed by atoms with Crippen LogP contribution in [0.1, 0.15) is 123 Å². The van der Waals surface area contributed by atoms with Gasteiger partial charge in [0.25, 0.3) is 22.6 Å². The Morgan fingerprint density at radius 3 is 1.15 bits per heavy atom. The van der Waals surface area contributed by atoms with E-state index < -0.39 is 192 Å². The van der Waals surface area contributed by atoms with Gasteiger partial charge in [-0.25, -0.2) is 0 Å². The van der Waals surface area contributed by atoms with Gasteiger partial charge >= 0.3 is 28.8 Å². The predicted octanol–water partition coefficient (Wildman–Crippen LogP) is -2.59. The minimum absolute atomic E-state index is 0.0147. The SMILES string of the molecule is C=C1Sc2c(NC3CC3)nc(N)nc2N1[C@@H]1O[C@H](COC(=O)[C@@H](N)C(C)C)[C@@H](O)[C@H]1O.C=C1Sc2c(nc(N)[nH]c2=O)N1[C@@H]1O[C@H](COC(=O)[C@@H](CC)C(C)C)[C@@H](O)[C@H]1O.C=C1Sc2c(nc(N)[nH]c2=O)N1[C@@H]1O[C@H](COC(=O)[C@@H](N)C(C)(C)C)[C@@H](O)[C@H]1O.C=C1Sc2c(nc(N)[nH]c2=O)N1[C@@H]1O[C@H](COC(=O)[C@@H](N)C(C)C)[C@@H](O)[C@H]1O.CC[C@H]1O[C@@H](n2c3c(sc2=O)C(=O)NC(=N)C3)[C@H](O)[C@@H]1O. The molecule has 10 aliphatic heterocycles. The highest BCUT2D eigenvalue weighted by Gasteiger charge is 2.56. The maximum absolute atomic E-state index is 12.3. The molecular formula is C82H117N23O28S5. The Balaban J connectivity index is 0.000000155. The quantitative estimate of drug-likeness (QED) is 0.0223. The molecule has 11 aliphatic rings. The van der Waals surface area contributed by atoms with Gasteiger partial charge in [-0.2, -0.15) is 24.9 Å². The number of thiazole rings is 1. The normalized spacial score (nSPS) is 28.6. The molecular weight excluding hydrogens is 1920 g/mol. The molecule has 758 valence electrons. The molecule has 0 spiro atoms. The van der Waals surface area contributed by atoms with Crippen LogP contribution in [0.5, 0.6) is 0 Å². The van der Waals surface area contributed by atoms with Crippen molar-refractivity contribution >= 4 is 147 Å². The molecule has 15 heterocycles. The number of aromatic amines is 3. The predicted molar refractivity (Wildman–Crippen MR) is 503 cm³/mol. The number of anilines is 9. The lowest BCUT2D eigenvalue weighted by atomic mass is 9.87. The average molecular weight is 2030 g/mol. The van der Waals surface area contributed by atoms with E-state index >= 15 is 0 Å². The minimum Gasteiger partial charge on any atom is -0.463 e. The van der Waals surface area contributed by atoms with Crippen molar-refractivity contribution in [3.8, 4) is 0 Å². The van der Waals surface area contributed by atoms with Crippen molar-refractivity contribution < 1.29 is 118 Å². The van der Waals surface area contributed by atoms with Crippen LogP contribution in [0.2, 0.25) is 0 Å². The van der Waals surface area contributed by atoms with E-state index in [4.69, 9.17) is 88.2 Å². The number of esters is 4. The highest BCUT2D eigenvalue weighted by Crippen LogP contribution is 2.53. The summed E-state index contributed by atoms with van der Waals surface area (Å²) in [6.07, 6.45) is -19.3. The summed E-state index contributed by atoms with van der Waals surface area (Å²) >= 11 is 5.24. The minimum atomic E-state index is -1.37. The van der Waals surface area contributed by atoms with Crippen molar-refractivity contribution in [1.29, 1.82) is 5.41 Å². The van der Waals surface area contributed by atoms with Crippen LogP contribution < -0.4 is 91.9 Å². The monoisotopic (exact) mass is 2030 g/mol. The third kappa shape index (κ3) is 22.6. The van der Waals surface area contributed by atoms with Crippen molar-refractivity contribution in [1.82, 2.24) is 49.8 Å². The molecule has 5 aromatic rings. The van der Waals surface area contributed by atoms with Gasteiger partial charge in [-0.3, -0.25) is 87.7 Å². The zero-order chi connectivity index (χ0) is 102. The molecule has 0 radical (unpaired) electrons. The Kier molecular flexibility index (Phi) is 33.8. The zero-order valence-electron chi connectivity index (χ0n) is 76.7. The lowest BCUT2D eigenvalue weighted by Gasteiger charge is -2.28. The summed E-state index contributed by atoms with van der Waals surface area (Å²) in [6, 6.07) is -2.09. The van der Waals surface area contributed by atoms with Gasteiger partial charge in [-0.05, 0) is 48.9 Å². The van der Waals surface area contributed by atoms with E-state index in [2.05, 4.69) is 76.8 Å². The fraction of sp³-hybridized carbons (Fsp3) is 0.598.